The van der Waals surface area contributed by atoms with Crippen LogP contribution in [-0.2, 0) is 0 Å². The summed E-state index contributed by atoms with van der Waals surface area (Å²) in [6.07, 6.45) is 10.9. The molecule has 20 heavy (non-hydrogen) atoms. The van der Waals surface area contributed by atoms with Crippen LogP contribution < -0.4 is 5.32 Å². The SMILES string of the molecule is CSCCN1CC(CC(C)C)NCC1C1CCCCC1. The van der Waals surface area contributed by atoms with E-state index in [2.05, 4.69) is 30.3 Å². The van der Waals surface area contributed by atoms with Crippen molar-refractivity contribution in [2.45, 2.75) is 64.5 Å². The summed E-state index contributed by atoms with van der Waals surface area (Å²) in [6, 6.07) is 1.53. The molecule has 2 fully saturated rings. The third-order valence-electron chi connectivity index (χ3n) is 5.07. The molecule has 1 saturated carbocycles. The van der Waals surface area contributed by atoms with Gasteiger partial charge in [0.05, 0.1) is 0 Å². The Morgan fingerprint density at radius 1 is 1.20 bits per heavy atom. The zero-order valence-corrected chi connectivity index (χ0v) is 14.6. The third kappa shape index (κ3) is 4.92. The summed E-state index contributed by atoms with van der Waals surface area (Å²) in [5.74, 6) is 3.05. The van der Waals surface area contributed by atoms with Gasteiger partial charge in [-0.05, 0) is 37.4 Å². The van der Waals surface area contributed by atoms with Crippen molar-refractivity contribution in [3.8, 4) is 0 Å². The minimum atomic E-state index is 0.719. The van der Waals surface area contributed by atoms with Crippen LogP contribution in [0.4, 0.5) is 0 Å². The van der Waals surface area contributed by atoms with Gasteiger partial charge in [0.1, 0.15) is 0 Å². The Kier molecular flexibility index (Phi) is 7.20. The third-order valence-corrected chi connectivity index (χ3v) is 5.66. The summed E-state index contributed by atoms with van der Waals surface area (Å²) in [5, 5.41) is 3.86. The van der Waals surface area contributed by atoms with Gasteiger partial charge >= 0.3 is 0 Å². The first-order valence-electron chi connectivity index (χ1n) is 8.67. The molecule has 1 N–H and O–H groups in total. The molecule has 2 atom stereocenters. The lowest BCUT2D eigenvalue weighted by Gasteiger charge is -2.45. The lowest BCUT2D eigenvalue weighted by atomic mass is 9.82. The van der Waals surface area contributed by atoms with E-state index in [9.17, 15) is 0 Å². The van der Waals surface area contributed by atoms with E-state index in [1.165, 1.54) is 63.9 Å². The molecule has 2 aliphatic rings. The lowest BCUT2D eigenvalue weighted by molar-refractivity contribution is 0.0729. The molecule has 0 amide bonds. The molecule has 3 heteroatoms. The second-order valence-electron chi connectivity index (χ2n) is 7.19. The van der Waals surface area contributed by atoms with E-state index in [1.54, 1.807) is 0 Å². The highest BCUT2D eigenvalue weighted by Gasteiger charge is 2.33. The molecule has 0 bridgehead atoms. The fourth-order valence-corrected chi connectivity index (χ4v) is 4.49. The number of nitrogens with one attached hydrogen (secondary N) is 1. The van der Waals surface area contributed by atoms with Crippen molar-refractivity contribution in [2.75, 3.05) is 31.6 Å². The van der Waals surface area contributed by atoms with Crippen LogP contribution in [-0.4, -0.2) is 48.6 Å². The fraction of sp³-hybridized carbons (Fsp3) is 1.00. The van der Waals surface area contributed by atoms with Crippen LogP contribution in [0.5, 0.6) is 0 Å². The standard InChI is InChI=1S/C17H34N2S/c1-14(2)11-16-13-19(9-10-20-3)17(12-18-16)15-7-5-4-6-8-15/h14-18H,4-13H2,1-3H3. The van der Waals surface area contributed by atoms with E-state index in [0.29, 0.717) is 0 Å². The fourth-order valence-electron chi connectivity index (χ4n) is 4.08. The molecule has 118 valence electrons. The van der Waals surface area contributed by atoms with E-state index in [4.69, 9.17) is 0 Å². The van der Waals surface area contributed by atoms with Gasteiger partial charge in [-0.2, -0.15) is 11.8 Å². The molecule has 0 aromatic heterocycles. The molecule has 2 rings (SSSR count). The number of hydrogen-bond acceptors (Lipinski definition) is 3. The van der Waals surface area contributed by atoms with Crippen molar-refractivity contribution in [1.82, 2.24) is 10.2 Å². The van der Waals surface area contributed by atoms with Crippen LogP contribution in [0, 0.1) is 11.8 Å². The maximum atomic E-state index is 3.86. The van der Waals surface area contributed by atoms with E-state index in [0.717, 1.165) is 23.9 Å². The van der Waals surface area contributed by atoms with Gasteiger partial charge in [0.15, 0.2) is 0 Å². The number of hydrogen-bond donors (Lipinski definition) is 1. The molecule has 0 radical (unpaired) electrons. The van der Waals surface area contributed by atoms with Gasteiger partial charge in [0.25, 0.3) is 0 Å². The molecule has 1 heterocycles. The van der Waals surface area contributed by atoms with Crippen molar-refractivity contribution in [1.29, 1.82) is 0 Å². The number of thioether (sulfide) groups is 1. The summed E-state index contributed by atoms with van der Waals surface area (Å²) in [4.78, 5) is 2.83. The van der Waals surface area contributed by atoms with E-state index >= 15 is 0 Å². The predicted molar refractivity (Wildman–Crippen MR) is 91.6 cm³/mol. The smallest absolute Gasteiger partial charge is 0.0249 e. The molecule has 0 aromatic carbocycles. The molecule has 0 aromatic rings. The Labute approximate surface area is 130 Å². The second kappa shape index (κ2) is 8.65. The molecule has 1 saturated heterocycles. The van der Waals surface area contributed by atoms with Crippen molar-refractivity contribution in [3.63, 3.8) is 0 Å². The minimum Gasteiger partial charge on any atom is -0.311 e. The van der Waals surface area contributed by atoms with Crippen molar-refractivity contribution in [3.05, 3.63) is 0 Å². The van der Waals surface area contributed by atoms with Crippen LogP contribution in [0.15, 0.2) is 0 Å². The first-order valence-corrected chi connectivity index (χ1v) is 10.1. The predicted octanol–water partition coefficient (Wildman–Crippen LogP) is 3.62. The first-order chi connectivity index (χ1) is 9.70. The Morgan fingerprint density at radius 2 is 1.95 bits per heavy atom. The van der Waals surface area contributed by atoms with Gasteiger partial charge < -0.3 is 5.32 Å². The average molecular weight is 299 g/mol. The molecule has 2 nitrogen and oxygen atoms in total. The molecule has 1 aliphatic carbocycles. The maximum Gasteiger partial charge on any atom is 0.0249 e. The Hall–Kier alpha value is 0.270. The van der Waals surface area contributed by atoms with Gasteiger partial charge in [0.2, 0.25) is 0 Å². The number of nitrogens with zero attached hydrogens (tertiary/aromatic N) is 1. The van der Waals surface area contributed by atoms with Crippen LogP contribution in [0.25, 0.3) is 0 Å². The highest BCUT2D eigenvalue weighted by Crippen LogP contribution is 2.30. The highest BCUT2D eigenvalue weighted by atomic mass is 32.2. The van der Waals surface area contributed by atoms with Crippen LogP contribution in [0.2, 0.25) is 0 Å². The molecular formula is C17H34N2S. The maximum absolute atomic E-state index is 3.86. The molecule has 2 unspecified atom stereocenters. The largest absolute Gasteiger partial charge is 0.311 e. The van der Waals surface area contributed by atoms with Gasteiger partial charge in [0, 0.05) is 37.5 Å². The number of piperazine rings is 1. The van der Waals surface area contributed by atoms with E-state index in [1.807, 2.05) is 11.8 Å². The van der Waals surface area contributed by atoms with Gasteiger partial charge in [-0.25, -0.2) is 0 Å². The lowest BCUT2D eigenvalue weighted by Crippen LogP contribution is -2.59. The summed E-state index contributed by atoms with van der Waals surface area (Å²) in [5.41, 5.74) is 0. The highest BCUT2D eigenvalue weighted by molar-refractivity contribution is 7.98. The minimum absolute atomic E-state index is 0.719. The zero-order chi connectivity index (χ0) is 14.4. The zero-order valence-electron chi connectivity index (χ0n) is 13.7. The molecule has 1 aliphatic heterocycles. The summed E-state index contributed by atoms with van der Waals surface area (Å²) in [7, 11) is 0. The summed E-state index contributed by atoms with van der Waals surface area (Å²) >= 11 is 2.00. The van der Waals surface area contributed by atoms with Gasteiger partial charge in [-0.1, -0.05) is 33.1 Å². The Bertz CT molecular complexity index is 264. The quantitative estimate of drug-likeness (QED) is 0.806. The molecule has 0 spiro atoms. The summed E-state index contributed by atoms with van der Waals surface area (Å²) in [6.45, 7) is 8.50. The topological polar surface area (TPSA) is 15.3 Å². The van der Waals surface area contributed by atoms with Crippen molar-refractivity contribution in [2.24, 2.45) is 11.8 Å². The average Bonchev–Trinajstić information content (AvgIpc) is 2.45. The monoisotopic (exact) mass is 298 g/mol. The normalized spacial score (nSPS) is 30.0. The van der Waals surface area contributed by atoms with Crippen LogP contribution >= 0.6 is 11.8 Å². The molecular weight excluding hydrogens is 264 g/mol. The van der Waals surface area contributed by atoms with Gasteiger partial charge in [-0.3, -0.25) is 4.90 Å². The first kappa shape index (κ1) is 16.6. The second-order valence-corrected chi connectivity index (χ2v) is 8.17. The van der Waals surface area contributed by atoms with Gasteiger partial charge in [-0.15, -0.1) is 0 Å². The van der Waals surface area contributed by atoms with Crippen molar-refractivity contribution < 1.29 is 0 Å². The Balaban J connectivity index is 1.91. The van der Waals surface area contributed by atoms with Crippen LogP contribution in [0.1, 0.15) is 52.4 Å². The summed E-state index contributed by atoms with van der Waals surface area (Å²) < 4.78 is 0. The van der Waals surface area contributed by atoms with E-state index < -0.39 is 0 Å². The van der Waals surface area contributed by atoms with E-state index in [-0.39, 0.29) is 0 Å². The Morgan fingerprint density at radius 3 is 2.60 bits per heavy atom. The van der Waals surface area contributed by atoms with Crippen LogP contribution in [0.3, 0.4) is 0 Å². The van der Waals surface area contributed by atoms with Crippen molar-refractivity contribution >= 4 is 11.8 Å². The number of rotatable bonds is 6.